The molecule has 0 aliphatic heterocycles. The Bertz CT molecular complexity index is 1840. The van der Waals surface area contributed by atoms with Crippen molar-refractivity contribution in [3.8, 4) is 17.1 Å². The van der Waals surface area contributed by atoms with Crippen LogP contribution in [0.2, 0.25) is 0 Å². The molecule has 8 heteroatoms. The molecule has 0 spiro atoms. The maximum atomic E-state index is 14.0. The maximum Gasteiger partial charge on any atom is 0.275 e. The van der Waals surface area contributed by atoms with Crippen molar-refractivity contribution in [3.05, 3.63) is 168 Å². The van der Waals surface area contributed by atoms with E-state index in [0.29, 0.717) is 34.9 Å². The number of aromatic nitrogens is 4. The summed E-state index contributed by atoms with van der Waals surface area (Å²) in [7, 11) is 0. The summed E-state index contributed by atoms with van der Waals surface area (Å²) in [6.45, 7) is 4.17. The van der Waals surface area contributed by atoms with Crippen molar-refractivity contribution in [2.45, 2.75) is 26.4 Å². The topological polar surface area (TPSA) is 84.8 Å². The van der Waals surface area contributed by atoms with E-state index < -0.39 is 5.92 Å². The van der Waals surface area contributed by atoms with Gasteiger partial charge in [0.1, 0.15) is 12.4 Å². The molecule has 0 aliphatic carbocycles. The van der Waals surface area contributed by atoms with Crippen LogP contribution in [0, 0.1) is 13.8 Å². The van der Waals surface area contributed by atoms with Gasteiger partial charge in [0.15, 0.2) is 0 Å². The zero-order valence-electron chi connectivity index (χ0n) is 23.2. The van der Waals surface area contributed by atoms with Gasteiger partial charge in [-0.15, -0.1) is 0 Å². The number of rotatable bonds is 8. The van der Waals surface area contributed by atoms with Crippen molar-refractivity contribution in [1.82, 2.24) is 19.6 Å². The first-order valence-electron chi connectivity index (χ1n) is 13.6. The lowest BCUT2D eigenvalue weighted by molar-refractivity contribution is 0.306. The summed E-state index contributed by atoms with van der Waals surface area (Å²) in [4.78, 5) is 28.0. The predicted octanol–water partition coefficient (Wildman–Crippen LogP) is 6.78. The molecule has 0 atom stereocenters. The van der Waals surface area contributed by atoms with Crippen LogP contribution in [0.1, 0.15) is 39.6 Å². The second-order valence-electron chi connectivity index (χ2n) is 10.2. The molecule has 6 rings (SSSR count). The Kier molecular flexibility index (Phi) is 7.54. The zero-order chi connectivity index (χ0) is 29.2. The highest BCUT2D eigenvalue weighted by Crippen LogP contribution is 2.33. The number of H-pyrrole nitrogens is 2. The number of hydrogen-bond donors (Lipinski definition) is 2. The SMILES string of the molecule is Cc1[nH]n(-c2ccccc2)c(=O)c1C(c1ccc(OCc2ccc(Br)cc2)cc1)c1c(C)[nH]n(-c2ccccc2)c1=O. The largest absolute Gasteiger partial charge is 0.489 e. The first-order chi connectivity index (χ1) is 20.4. The number of nitrogens with zero attached hydrogens (tertiary/aromatic N) is 2. The first-order valence-corrected chi connectivity index (χ1v) is 14.4. The quantitative estimate of drug-likeness (QED) is 0.197. The van der Waals surface area contributed by atoms with Crippen LogP contribution in [0.5, 0.6) is 5.75 Å². The molecule has 0 amide bonds. The average Bonchev–Trinajstić information content (AvgIpc) is 3.48. The van der Waals surface area contributed by atoms with E-state index in [1.165, 1.54) is 9.36 Å². The molecule has 7 nitrogen and oxygen atoms in total. The lowest BCUT2D eigenvalue weighted by Crippen LogP contribution is -2.25. The minimum atomic E-state index is -0.618. The Hall–Kier alpha value is -4.82. The summed E-state index contributed by atoms with van der Waals surface area (Å²) in [5.74, 6) is 0.0772. The number of para-hydroxylation sites is 2. The standard InChI is InChI=1S/C34H29BrN4O3/c1-22-30(33(40)38(36-22)27-9-5-3-6-10-27)32(31-23(2)37-39(34(31)41)28-11-7-4-8-12-28)25-15-19-29(20-16-25)42-21-24-13-17-26(35)18-14-24/h3-20,32,36-37H,21H2,1-2H3. The van der Waals surface area contributed by atoms with Gasteiger partial charge in [0.25, 0.3) is 11.1 Å². The molecule has 0 unspecified atom stereocenters. The number of nitrogens with one attached hydrogen (secondary N) is 2. The van der Waals surface area contributed by atoms with E-state index in [4.69, 9.17) is 4.74 Å². The zero-order valence-corrected chi connectivity index (χ0v) is 24.8. The maximum absolute atomic E-state index is 14.0. The van der Waals surface area contributed by atoms with Crippen LogP contribution >= 0.6 is 15.9 Å². The Balaban J connectivity index is 1.45. The lowest BCUT2D eigenvalue weighted by Gasteiger charge is -2.16. The van der Waals surface area contributed by atoms with Crippen molar-refractivity contribution in [3.63, 3.8) is 0 Å². The molecule has 2 N–H and O–H groups in total. The second-order valence-corrected chi connectivity index (χ2v) is 11.1. The lowest BCUT2D eigenvalue weighted by atomic mass is 9.85. The van der Waals surface area contributed by atoms with Gasteiger partial charge in [-0.2, -0.15) is 0 Å². The fourth-order valence-electron chi connectivity index (χ4n) is 5.30. The number of aryl methyl sites for hydroxylation is 2. The highest BCUT2D eigenvalue weighted by Gasteiger charge is 2.31. The van der Waals surface area contributed by atoms with Gasteiger partial charge < -0.3 is 4.74 Å². The van der Waals surface area contributed by atoms with Gasteiger partial charge in [-0.25, -0.2) is 9.36 Å². The van der Waals surface area contributed by atoms with Crippen LogP contribution in [0.25, 0.3) is 11.4 Å². The molecule has 0 saturated carbocycles. The number of ether oxygens (including phenoxy) is 1. The van der Waals surface area contributed by atoms with E-state index in [-0.39, 0.29) is 11.1 Å². The van der Waals surface area contributed by atoms with Gasteiger partial charge in [-0.05, 0) is 73.5 Å². The van der Waals surface area contributed by atoms with Gasteiger partial charge >= 0.3 is 0 Å². The molecule has 2 aromatic heterocycles. The van der Waals surface area contributed by atoms with Gasteiger partial charge in [0.05, 0.1) is 22.5 Å². The first kappa shape index (κ1) is 27.4. The summed E-state index contributed by atoms with van der Waals surface area (Å²) in [5, 5.41) is 6.48. The minimum absolute atomic E-state index is 0.203. The van der Waals surface area contributed by atoms with Crippen molar-refractivity contribution in [1.29, 1.82) is 0 Å². The highest BCUT2D eigenvalue weighted by atomic mass is 79.9. The molecule has 2 heterocycles. The molecule has 4 aromatic carbocycles. The van der Waals surface area contributed by atoms with E-state index in [0.717, 1.165) is 27.0 Å². The van der Waals surface area contributed by atoms with E-state index in [1.807, 2.05) is 123 Å². The summed E-state index contributed by atoms with van der Waals surface area (Å²) >= 11 is 3.46. The highest BCUT2D eigenvalue weighted by molar-refractivity contribution is 9.10. The van der Waals surface area contributed by atoms with Gasteiger partial charge in [0.2, 0.25) is 0 Å². The second kappa shape index (κ2) is 11.6. The Morgan fingerprint density at radius 3 is 1.62 bits per heavy atom. The van der Waals surface area contributed by atoms with E-state index >= 15 is 0 Å². The number of hydrogen-bond acceptors (Lipinski definition) is 3. The average molecular weight is 622 g/mol. The fourth-order valence-corrected chi connectivity index (χ4v) is 5.56. The number of aromatic amines is 2. The van der Waals surface area contributed by atoms with Crippen molar-refractivity contribution in [2.75, 3.05) is 0 Å². The third-order valence-corrected chi connectivity index (χ3v) is 7.90. The van der Waals surface area contributed by atoms with Crippen molar-refractivity contribution in [2.24, 2.45) is 0 Å². The molecule has 6 aromatic rings. The van der Waals surface area contributed by atoms with Crippen LogP contribution < -0.4 is 15.9 Å². The number of benzene rings is 4. The monoisotopic (exact) mass is 620 g/mol. The summed E-state index contributed by atoms with van der Waals surface area (Å²) in [6, 6.07) is 34.5. The van der Waals surface area contributed by atoms with E-state index in [9.17, 15) is 9.59 Å². The normalized spacial score (nSPS) is 11.2. The minimum Gasteiger partial charge on any atom is -0.489 e. The molecule has 0 saturated heterocycles. The third-order valence-electron chi connectivity index (χ3n) is 7.37. The molecular formula is C34H29BrN4O3. The third kappa shape index (κ3) is 5.29. The van der Waals surface area contributed by atoms with Crippen molar-refractivity contribution >= 4 is 15.9 Å². The Morgan fingerprint density at radius 2 is 1.14 bits per heavy atom. The van der Waals surface area contributed by atoms with Gasteiger partial charge in [-0.1, -0.05) is 76.6 Å². The molecule has 0 radical (unpaired) electrons. The summed E-state index contributed by atoms with van der Waals surface area (Å²) in [6.07, 6.45) is 0. The van der Waals surface area contributed by atoms with Crippen LogP contribution in [0.15, 0.2) is 123 Å². The molecule has 42 heavy (non-hydrogen) atoms. The summed E-state index contributed by atoms with van der Waals surface area (Å²) < 4.78 is 10.1. The van der Waals surface area contributed by atoms with Crippen molar-refractivity contribution < 1.29 is 4.74 Å². The van der Waals surface area contributed by atoms with Gasteiger partial charge in [-0.3, -0.25) is 19.8 Å². The van der Waals surface area contributed by atoms with E-state index in [1.54, 1.807) is 0 Å². The van der Waals surface area contributed by atoms with Crippen LogP contribution in [0.3, 0.4) is 0 Å². The molecule has 0 fully saturated rings. The Morgan fingerprint density at radius 1 is 0.667 bits per heavy atom. The smallest absolute Gasteiger partial charge is 0.275 e. The van der Waals surface area contributed by atoms with E-state index in [2.05, 4.69) is 26.1 Å². The summed E-state index contributed by atoms with van der Waals surface area (Å²) in [5.41, 5.74) is 5.31. The molecule has 0 bridgehead atoms. The predicted molar refractivity (Wildman–Crippen MR) is 168 cm³/mol. The fraction of sp³-hybridized carbons (Fsp3) is 0.118. The van der Waals surface area contributed by atoms with Crippen LogP contribution in [0.4, 0.5) is 0 Å². The molecule has 0 aliphatic rings. The number of halogens is 1. The Labute approximate surface area is 251 Å². The molecule has 210 valence electrons. The van der Waals surface area contributed by atoms with Gasteiger partial charge in [0, 0.05) is 21.8 Å². The van der Waals surface area contributed by atoms with Crippen LogP contribution in [-0.4, -0.2) is 19.6 Å². The molecular weight excluding hydrogens is 592 g/mol. The van der Waals surface area contributed by atoms with Crippen LogP contribution in [-0.2, 0) is 6.61 Å².